The smallest absolute Gasteiger partial charge is 0.337 e. The fourth-order valence-electron chi connectivity index (χ4n) is 3.92. The third-order valence-electron chi connectivity index (χ3n) is 5.66. The zero-order valence-electron chi connectivity index (χ0n) is 17.6. The first-order valence-corrected chi connectivity index (χ1v) is 11.1. The molecule has 3 N–H and O–H groups in total. The second-order valence-corrected chi connectivity index (χ2v) is 8.74. The van der Waals surface area contributed by atoms with Gasteiger partial charge in [-0.15, -0.1) is 12.4 Å². The lowest BCUT2D eigenvalue weighted by molar-refractivity contribution is 0.0696. The van der Waals surface area contributed by atoms with Crippen LogP contribution in [0.25, 0.3) is 0 Å². The summed E-state index contributed by atoms with van der Waals surface area (Å²) in [5.41, 5.74) is 3.29. The highest BCUT2D eigenvalue weighted by molar-refractivity contribution is 6.33. The number of hydrogen-bond donors (Lipinski definition) is 3. The Labute approximate surface area is 208 Å². The predicted molar refractivity (Wildman–Crippen MR) is 132 cm³/mol. The van der Waals surface area contributed by atoms with Crippen molar-refractivity contribution in [2.75, 3.05) is 6.54 Å². The molecule has 3 aromatic rings. The zero-order chi connectivity index (χ0) is 22.7. The molecule has 0 aliphatic heterocycles. The van der Waals surface area contributed by atoms with E-state index in [1.165, 1.54) is 23.3 Å². The number of aliphatic hydroxyl groups is 1. The molecular formula is C25H24Cl3NO4. The summed E-state index contributed by atoms with van der Waals surface area (Å²) >= 11 is 11.9. The van der Waals surface area contributed by atoms with E-state index < -0.39 is 12.1 Å². The Morgan fingerprint density at radius 1 is 1.03 bits per heavy atom. The maximum absolute atomic E-state index is 11.3. The fraction of sp³-hybridized carbons (Fsp3) is 0.240. The van der Waals surface area contributed by atoms with E-state index in [1.54, 1.807) is 18.2 Å². The maximum atomic E-state index is 11.3. The average molecular weight is 509 g/mol. The van der Waals surface area contributed by atoms with E-state index in [1.807, 2.05) is 24.3 Å². The summed E-state index contributed by atoms with van der Waals surface area (Å²) in [4.78, 5) is 11.3. The van der Waals surface area contributed by atoms with Crippen molar-refractivity contribution < 1.29 is 19.7 Å². The second kappa shape index (κ2) is 11.2. The van der Waals surface area contributed by atoms with Gasteiger partial charge >= 0.3 is 5.97 Å². The normalized spacial score (nSPS) is 15.8. The fourth-order valence-corrected chi connectivity index (χ4v) is 4.24. The van der Waals surface area contributed by atoms with Crippen LogP contribution in [0.5, 0.6) is 11.5 Å². The van der Waals surface area contributed by atoms with Gasteiger partial charge in [-0.25, -0.2) is 4.79 Å². The molecule has 0 saturated carbocycles. The van der Waals surface area contributed by atoms with Gasteiger partial charge in [-0.05, 0) is 78.4 Å². The molecule has 0 unspecified atom stereocenters. The number of rotatable bonds is 7. The van der Waals surface area contributed by atoms with Crippen molar-refractivity contribution in [3.05, 3.63) is 93.0 Å². The van der Waals surface area contributed by atoms with Gasteiger partial charge in [0.15, 0.2) is 0 Å². The first kappa shape index (κ1) is 25.3. The SMILES string of the molecule is Cl.O=C(O)c1cc(Oc2ccc3c(c2)C[C@@H](NC[C@H](O)c2ccc(Cl)cc2)CC3)ccc1Cl. The molecule has 174 valence electrons. The molecule has 0 saturated heterocycles. The molecule has 8 heteroatoms. The molecule has 1 aliphatic carbocycles. The van der Waals surface area contributed by atoms with Crippen molar-refractivity contribution in [1.29, 1.82) is 0 Å². The summed E-state index contributed by atoms with van der Waals surface area (Å²) in [7, 11) is 0. The Hall–Kier alpha value is -2.28. The number of fused-ring (bicyclic) bond motifs is 1. The third kappa shape index (κ3) is 6.40. The van der Waals surface area contributed by atoms with Gasteiger partial charge in [0.1, 0.15) is 11.5 Å². The first-order chi connectivity index (χ1) is 15.4. The monoisotopic (exact) mass is 507 g/mol. The Balaban J connectivity index is 0.00000306. The number of hydrogen-bond acceptors (Lipinski definition) is 4. The van der Waals surface area contributed by atoms with E-state index in [4.69, 9.17) is 27.9 Å². The highest BCUT2D eigenvalue weighted by Crippen LogP contribution is 2.30. The molecule has 33 heavy (non-hydrogen) atoms. The van der Waals surface area contributed by atoms with Gasteiger partial charge in [0.25, 0.3) is 0 Å². The molecule has 0 aromatic heterocycles. The largest absolute Gasteiger partial charge is 0.478 e. The molecule has 0 bridgehead atoms. The third-order valence-corrected chi connectivity index (χ3v) is 6.25. The lowest BCUT2D eigenvalue weighted by Crippen LogP contribution is -2.37. The van der Waals surface area contributed by atoms with E-state index in [2.05, 4.69) is 11.4 Å². The van der Waals surface area contributed by atoms with Gasteiger partial charge in [0, 0.05) is 17.6 Å². The number of ether oxygens (including phenoxy) is 1. The van der Waals surface area contributed by atoms with Crippen molar-refractivity contribution in [3.8, 4) is 11.5 Å². The van der Waals surface area contributed by atoms with Crippen molar-refractivity contribution in [2.45, 2.75) is 31.4 Å². The lowest BCUT2D eigenvalue weighted by Gasteiger charge is -2.27. The molecule has 0 fully saturated rings. The topological polar surface area (TPSA) is 78.8 Å². The molecule has 3 aromatic carbocycles. The number of aryl methyl sites for hydroxylation is 1. The summed E-state index contributed by atoms with van der Waals surface area (Å²) < 4.78 is 5.90. The number of carboxylic acids is 1. The minimum Gasteiger partial charge on any atom is -0.478 e. The lowest BCUT2D eigenvalue weighted by atomic mass is 9.88. The Kier molecular flexibility index (Phi) is 8.63. The van der Waals surface area contributed by atoms with Crippen LogP contribution >= 0.6 is 35.6 Å². The van der Waals surface area contributed by atoms with Crippen LogP contribution in [0.3, 0.4) is 0 Å². The van der Waals surface area contributed by atoms with Crippen LogP contribution in [0.15, 0.2) is 60.7 Å². The van der Waals surface area contributed by atoms with E-state index in [0.717, 1.165) is 24.8 Å². The van der Waals surface area contributed by atoms with Gasteiger partial charge in [-0.3, -0.25) is 0 Å². The summed E-state index contributed by atoms with van der Waals surface area (Å²) in [6.45, 7) is 0.459. The Morgan fingerprint density at radius 3 is 2.45 bits per heavy atom. The number of aliphatic hydroxyl groups excluding tert-OH is 1. The number of aromatic carboxylic acids is 1. The highest BCUT2D eigenvalue weighted by Gasteiger charge is 2.20. The molecule has 4 rings (SSSR count). The van der Waals surface area contributed by atoms with Crippen LogP contribution in [0.4, 0.5) is 0 Å². The molecule has 0 heterocycles. The summed E-state index contributed by atoms with van der Waals surface area (Å²) in [6, 6.07) is 18.0. The summed E-state index contributed by atoms with van der Waals surface area (Å²) in [5.74, 6) is -0.0341. The van der Waals surface area contributed by atoms with Gasteiger partial charge in [-0.2, -0.15) is 0 Å². The zero-order valence-corrected chi connectivity index (χ0v) is 20.0. The number of benzene rings is 3. The number of carboxylic acid groups (broad SMARTS) is 1. The second-order valence-electron chi connectivity index (χ2n) is 7.89. The van der Waals surface area contributed by atoms with Crippen molar-refractivity contribution in [3.63, 3.8) is 0 Å². The van der Waals surface area contributed by atoms with Crippen LogP contribution in [0.2, 0.25) is 10.0 Å². The van der Waals surface area contributed by atoms with Gasteiger partial charge in [0.2, 0.25) is 0 Å². The number of nitrogens with one attached hydrogen (secondary N) is 1. The summed E-state index contributed by atoms with van der Waals surface area (Å²) in [6.07, 6.45) is 2.14. The maximum Gasteiger partial charge on any atom is 0.337 e. The Bertz CT molecular complexity index is 1120. The van der Waals surface area contributed by atoms with E-state index >= 15 is 0 Å². The predicted octanol–water partition coefficient (Wildman–Crippen LogP) is 6.09. The van der Waals surface area contributed by atoms with Gasteiger partial charge in [-0.1, -0.05) is 41.4 Å². The number of halogens is 3. The molecule has 2 atom stereocenters. The number of carbonyl (C=O) groups is 1. The Morgan fingerprint density at radius 2 is 1.73 bits per heavy atom. The quantitative estimate of drug-likeness (QED) is 0.360. The molecule has 5 nitrogen and oxygen atoms in total. The summed E-state index contributed by atoms with van der Waals surface area (Å²) in [5, 5.41) is 24.0. The molecular weight excluding hydrogens is 485 g/mol. The van der Waals surface area contributed by atoms with Crippen molar-refractivity contribution in [1.82, 2.24) is 5.32 Å². The van der Waals surface area contributed by atoms with Gasteiger partial charge in [0.05, 0.1) is 16.7 Å². The van der Waals surface area contributed by atoms with Crippen molar-refractivity contribution >= 4 is 41.6 Å². The van der Waals surface area contributed by atoms with Crippen LogP contribution in [0, 0.1) is 0 Å². The minimum absolute atomic E-state index is 0. The minimum atomic E-state index is -1.10. The van der Waals surface area contributed by atoms with Crippen LogP contribution in [0.1, 0.15) is 39.6 Å². The van der Waals surface area contributed by atoms with E-state index in [9.17, 15) is 15.0 Å². The van der Waals surface area contributed by atoms with E-state index in [-0.39, 0.29) is 29.0 Å². The van der Waals surface area contributed by atoms with Crippen LogP contribution in [-0.2, 0) is 12.8 Å². The van der Waals surface area contributed by atoms with E-state index in [0.29, 0.717) is 23.1 Å². The standard InChI is InChI=1S/C25H23Cl2NO4.ClH/c26-18-5-1-16(2-6-18)24(29)14-28-19-7-3-15-4-8-20(12-17(15)11-19)32-21-9-10-23(27)22(13-21)25(30)31;/h1-2,4-6,8-10,12-13,19,24,28-29H,3,7,11,14H2,(H,30,31);1H/t19-,24-;/m0./s1. The van der Waals surface area contributed by atoms with Crippen LogP contribution in [-0.4, -0.2) is 28.8 Å². The molecule has 1 aliphatic rings. The van der Waals surface area contributed by atoms with Crippen molar-refractivity contribution in [2.24, 2.45) is 0 Å². The molecule has 0 spiro atoms. The average Bonchev–Trinajstić information content (AvgIpc) is 2.78. The van der Waals surface area contributed by atoms with Gasteiger partial charge < -0.3 is 20.3 Å². The molecule has 0 amide bonds. The molecule has 0 radical (unpaired) electrons. The highest BCUT2D eigenvalue weighted by atomic mass is 35.5. The van der Waals surface area contributed by atoms with Crippen LogP contribution < -0.4 is 10.1 Å². The first-order valence-electron chi connectivity index (χ1n) is 10.4.